The number of anilines is 2. The van der Waals surface area contributed by atoms with Gasteiger partial charge in [0.2, 0.25) is 0 Å². The second kappa shape index (κ2) is 7.80. The number of nitrogens with two attached hydrogens (primary N) is 1. The molecule has 0 saturated heterocycles. The first-order valence-corrected chi connectivity index (χ1v) is 7.97. The van der Waals surface area contributed by atoms with Crippen LogP contribution in [0.2, 0.25) is 0 Å². The highest BCUT2D eigenvalue weighted by atomic mass is 16.5. The molecule has 7 heteroatoms. The fourth-order valence-corrected chi connectivity index (χ4v) is 2.34. The number of carbonyl (C=O) groups is 2. The lowest BCUT2D eigenvalue weighted by molar-refractivity contribution is -0.143. The SMILES string of the molecule is CCCCCOC(=O)CN1C(=O)C(CC)Oc2ccc(N)nc21. The lowest BCUT2D eigenvalue weighted by Gasteiger charge is -2.32. The van der Waals surface area contributed by atoms with Gasteiger partial charge in [-0.3, -0.25) is 14.5 Å². The second-order valence-corrected chi connectivity index (χ2v) is 5.42. The van der Waals surface area contributed by atoms with E-state index in [1.165, 1.54) is 4.90 Å². The fraction of sp³-hybridized carbons (Fsp3) is 0.562. The van der Waals surface area contributed by atoms with E-state index < -0.39 is 12.1 Å². The van der Waals surface area contributed by atoms with Gasteiger partial charge in [-0.15, -0.1) is 0 Å². The number of rotatable bonds is 7. The maximum atomic E-state index is 12.5. The summed E-state index contributed by atoms with van der Waals surface area (Å²) >= 11 is 0. The van der Waals surface area contributed by atoms with Crippen LogP contribution in [0, 0.1) is 0 Å². The Labute approximate surface area is 135 Å². The highest BCUT2D eigenvalue weighted by Gasteiger charge is 2.35. The van der Waals surface area contributed by atoms with Crippen LogP contribution in [0.3, 0.4) is 0 Å². The number of hydrogen-bond donors (Lipinski definition) is 1. The zero-order chi connectivity index (χ0) is 16.8. The van der Waals surface area contributed by atoms with Crippen LogP contribution in [0.4, 0.5) is 11.6 Å². The van der Waals surface area contributed by atoms with Gasteiger partial charge in [-0.05, 0) is 25.0 Å². The number of ether oxygens (including phenoxy) is 2. The fourth-order valence-electron chi connectivity index (χ4n) is 2.34. The lowest BCUT2D eigenvalue weighted by atomic mass is 10.2. The molecular weight excluding hydrogens is 298 g/mol. The molecule has 1 atom stereocenters. The van der Waals surface area contributed by atoms with Crippen LogP contribution in [0.5, 0.6) is 5.75 Å². The normalized spacial score (nSPS) is 16.7. The Bertz CT molecular complexity index is 576. The number of pyridine rings is 1. The Balaban J connectivity index is 2.11. The van der Waals surface area contributed by atoms with E-state index in [1.54, 1.807) is 12.1 Å². The summed E-state index contributed by atoms with van der Waals surface area (Å²) in [5, 5.41) is 0. The number of hydrogen-bond acceptors (Lipinski definition) is 6. The van der Waals surface area contributed by atoms with E-state index in [9.17, 15) is 9.59 Å². The second-order valence-electron chi connectivity index (χ2n) is 5.42. The topological polar surface area (TPSA) is 94.8 Å². The molecule has 2 N–H and O–H groups in total. The summed E-state index contributed by atoms with van der Waals surface area (Å²) in [6.45, 7) is 4.10. The summed E-state index contributed by atoms with van der Waals surface area (Å²) in [6, 6.07) is 3.26. The van der Waals surface area contributed by atoms with Crippen LogP contribution in [0.25, 0.3) is 0 Å². The molecule has 0 aliphatic carbocycles. The standard InChI is InChI=1S/C16H23N3O4/c1-3-5-6-9-22-14(20)10-19-15-12(7-8-13(17)18-15)23-11(4-2)16(19)21/h7-8,11H,3-6,9-10H2,1-2H3,(H2,17,18). The van der Waals surface area contributed by atoms with Gasteiger partial charge < -0.3 is 15.2 Å². The third-order valence-electron chi connectivity index (χ3n) is 3.60. The summed E-state index contributed by atoms with van der Waals surface area (Å²) in [5.74, 6) is 0.219. The number of fused-ring (bicyclic) bond motifs is 1. The quantitative estimate of drug-likeness (QED) is 0.609. The van der Waals surface area contributed by atoms with Gasteiger partial charge in [-0.25, -0.2) is 4.98 Å². The number of carbonyl (C=O) groups excluding carboxylic acids is 2. The molecular formula is C16H23N3O4. The van der Waals surface area contributed by atoms with E-state index in [2.05, 4.69) is 11.9 Å². The van der Waals surface area contributed by atoms with E-state index >= 15 is 0 Å². The molecule has 1 aliphatic rings. The minimum atomic E-state index is -0.624. The Morgan fingerprint density at radius 3 is 2.87 bits per heavy atom. The van der Waals surface area contributed by atoms with Crippen molar-refractivity contribution in [2.75, 3.05) is 23.8 Å². The highest BCUT2D eigenvalue weighted by Crippen LogP contribution is 2.33. The number of aromatic nitrogens is 1. The van der Waals surface area contributed by atoms with Crippen LogP contribution in [0.1, 0.15) is 39.5 Å². The monoisotopic (exact) mass is 321 g/mol. The molecule has 23 heavy (non-hydrogen) atoms. The maximum Gasteiger partial charge on any atom is 0.326 e. The molecule has 1 amide bonds. The van der Waals surface area contributed by atoms with Gasteiger partial charge >= 0.3 is 5.97 Å². The number of nitrogen functional groups attached to an aromatic ring is 1. The van der Waals surface area contributed by atoms with Crippen molar-refractivity contribution in [3.63, 3.8) is 0 Å². The summed E-state index contributed by atoms with van der Waals surface area (Å²) in [6.07, 6.45) is 2.75. The Hall–Kier alpha value is -2.31. The van der Waals surface area contributed by atoms with Gasteiger partial charge in [0.1, 0.15) is 12.4 Å². The van der Waals surface area contributed by atoms with E-state index in [0.717, 1.165) is 19.3 Å². The summed E-state index contributed by atoms with van der Waals surface area (Å²) in [5.41, 5.74) is 5.68. The molecule has 0 bridgehead atoms. The first kappa shape index (κ1) is 17.1. The first-order chi connectivity index (χ1) is 11.1. The minimum Gasteiger partial charge on any atom is -0.477 e. The van der Waals surface area contributed by atoms with E-state index in [0.29, 0.717) is 18.8 Å². The zero-order valence-corrected chi connectivity index (χ0v) is 13.6. The van der Waals surface area contributed by atoms with Gasteiger partial charge in [0.15, 0.2) is 17.7 Å². The summed E-state index contributed by atoms with van der Waals surface area (Å²) < 4.78 is 10.8. The molecule has 1 aliphatic heterocycles. The predicted molar refractivity (Wildman–Crippen MR) is 86.2 cm³/mol. The molecule has 1 aromatic heterocycles. The van der Waals surface area contributed by atoms with Crippen LogP contribution in [-0.4, -0.2) is 36.1 Å². The smallest absolute Gasteiger partial charge is 0.326 e. The maximum absolute atomic E-state index is 12.5. The van der Waals surface area contributed by atoms with Gasteiger partial charge in [-0.2, -0.15) is 0 Å². The van der Waals surface area contributed by atoms with Crippen molar-refractivity contribution in [2.45, 2.75) is 45.6 Å². The van der Waals surface area contributed by atoms with Gasteiger partial charge in [-0.1, -0.05) is 26.7 Å². The molecule has 1 aromatic rings. The van der Waals surface area contributed by atoms with Crippen molar-refractivity contribution in [3.05, 3.63) is 12.1 Å². The first-order valence-electron chi connectivity index (χ1n) is 7.97. The van der Waals surface area contributed by atoms with Crippen LogP contribution in [0.15, 0.2) is 12.1 Å². The van der Waals surface area contributed by atoms with Crippen LogP contribution >= 0.6 is 0 Å². The van der Waals surface area contributed by atoms with E-state index in [1.807, 2.05) is 6.92 Å². The molecule has 0 saturated carbocycles. The molecule has 0 aromatic carbocycles. The van der Waals surface area contributed by atoms with Gasteiger partial charge in [0, 0.05) is 0 Å². The average Bonchev–Trinajstić information content (AvgIpc) is 2.54. The lowest BCUT2D eigenvalue weighted by Crippen LogP contribution is -2.48. The highest BCUT2D eigenvalue weighted by molar-refractivity contribution is 6.02. The zero-order valence-electron chi connectivity index (χ0n) is 13.6. The Kier molecular flexibility index (Phi) is 5.78. The molecule has 126 valence electrons. The number of amides is 1. The van der Waals surface area contributed by atoms with Crippen molar-refractivity contribution in [1.82, 2.24) is 4.98 Å². The third-order valence-corrected chi connectivity index (χ3v) is 3.60. The van der Waals surface area contributed by atoms with Crippen molar-refractivity contribution >= 4 is 23.5 Å². The molecule has 0 radical (unpaired) electrons. The van der Waals surface area contributed by atoms with Crippen LogP contribution in [-0.2, 0) is 14.3 Å². The molecule has 2 heterocycles. The summed E-state index contributed by atoms with van der Waals surface area (Å²) in [4.78, 5) is 29.9. The third kappa shape index (κ3) is 4.12. The van der Waals surface area contributed by atoms with Gasteiger partial charge in [0.25, 0.3) is 5.91 Å². The molecule has 1 unspecified atom stereocenters. The van der Waals surface area contributed by atoms with Crippen molar-refractivity contribution in [1.29, 1.82) is 0 Å². The van der Waals surface area contributed by atoms with Crippen LogP contribution < -0.4 is 15.4 Å². The Morgan fingerprint density at radius 1 is 1.39 bits per heavy atom. The number of unbranched alkanes of at least 4 members (excludes halogenated alkanes) is 2. The molecule has 0 fully saturated rings. The predicted octanol–water partition coefficient (Wildman–Crippen LogP) is 1.90. The molecule has 0 spiro atoms. The summed E-state index contributed by atoms with van der Waals surface area (Å²) in [7, 11) is 0. The van der Waals surface area contributed by atoms with Crippen molar-refractivity contribution < 1.29 is 19.1 Å². The van der Waals surface area contributed by atoms with E-state index in [4.69, 9.17) is 15.2 Å². The van der Waals surface area contributed by atoms with Crippen molar-refractivity contribution in [3.8, 4) is 5.75 Å². The molecule has 2 rings (SSSR count). The largest absolute Gasteiger partial charge is 0.477 e. The van der Waals surface area contributed by atoms with Crippen molar-refractivity contribution in [2.24, 2.45) is 0 Å². The minimum absolute atomic E-state index is 0.186. The number of esters is 1. The average molecular weight is 321 g/mol. The number of nitrogens with zero attached hydrogens (tertiary/aromatic N) is 2. The van der Waals surface area contributed by atoms with E-state index in [-0.39, 0.29) is 24.1 Å². The Morgan fingerprint density at radius 2 is 2.17 bits per heavy atom. The van der Waals surface area contributed by atoms with Gasteiger partial charge in [0.05, 0.1) is 6.61 Å². The molecule has 7 nitrogen and oxygen atoms in total.